The van der Waals surface area contributed by atoms with Crippen LogP contribution in [0.4, 0.5) is 22.6 Å². The molecule has 2 amide bonds. The molecule has 2 aromatic rings. The van der Waals surface area contributed by atoms with Gasteiger partial charge in [-0.2, -0.15) is 13.2 Å². The first-order chi connectivity index (χ1) is 15.5. The predicted molar refractivity (Wildman–Crippen MR) is 112 cm³/mol. The number of halogens is 4. The van der Waals surface area contributed by atoms with Gasteiger partial charge in [-0.25, -0.2) is 9.18 Å². The zero-order valence-corrected chi connectivity index (χ0v) is 18.3. The Bertz CT molecular complexity index is 1090. The number of thiophene rings is 1. The molecule has 0 aliphatic heterocycles. The fraction of sp³-hybridized carbons (Fsp3) is 0.381. The zero-order chi connectivity index (χ0) is 24.4. The van der Waals surface area contributed by atoms with Crippen LogP contribution in [0.2, 0.25) is 0 Å². The topological polar surface area (TPSA) is 111 Å². The van der Waals surface area contributed by atoms with E-state index < -0.39 is 47.6 Å². The number of hydrogen-bond donors (Lipinski definition) is 3. The molecule has 0 fully saturated rings. The van der Waals surface area contributed by atoms with Crippen molar-refractivity contribution in [2.45, 2.75) is 44.4 Å². The molecular weight excluding hydrogens is 466 g/mol. The van der Waals surface area contributed by atoms with Gasteiger partial charge < -0.3 is 21.1 Å². The van der Waals surface area contributed by atoms with Crippen molar-refractivity contribution in [2.24, 2.45) is 5.73 Å². The second kappa shape index (κ2) is 9.38. The van der Waals surface area contributed by atoms with Crippen molar-refractivity contribution in [3.63, 3.8) is 0 Å². The number of nitrogens with one attached hydrogen (secondary N) is 2. The van der Waals surface area contributed by atoms with Crippen LogP contribution in [0.15, 0.2) is 24.3 Å². The average Bonchev–Trinajstić information content (AvgIpc) is 3.11. The molecule has 1 heterocycles. The summed E-state index contributed by atoms with van der Waals surface area (Å²) in [4.78, 5) is 37.3. The number of esters is 1. The average molecular weight is 487 g/mol. The molecule has 4 N–H and O–H groups in total. The van der Waals surface area contributed by atoms with E-state index in [4.69, 9.17) is 5.73 Å². The highest BCUT2D eigenvalue weighted by atomic mass is 32.1. The number of benzene rings is 1. The second-order valence-corrected chi connectivity index (χ2v) is 8.37. The summed E-state index contributed by atoms with van der Waals surface area (Å²) in [7, 11) is 0. The molecule has 1 aliphatic carbocycles. The van der Waals surface area contributed by atoms with Gasteiger partial charge >= 0.3 is 17.8 Å². The first kappa shape index (κ1) is 24.5. The van der Waals surface area contributed by atoms with E-state index in [2.05, 4.69) is 10.1 Å². The molecule has 1 unspecified atom stereocenters. The number of carbonyl (C=O) groups is 3. The molecule has 1 atom stereocenters. The van der Waals surface area contributed by atoms with Crippen molar-refractivity contribution in [1.29, 1.82) is 0 Å². The lowest BCUT2D eigenvalue weighted by Gasteiger charge is -2.35. The van der Waals surface area contributed by atoms with Gasteiger partial charge in [-0.05, 0) is 61.9 Å². The van der Waals surface area contributed by atoms with Gasteiger partial charge in [-0.15, -0.1) is 11.3 Å². The molecule has 178 valence electrons. The Kier molecular flexibility index (Phi) is 6.96. The maximum atomic E-state index is 14.4. The van der Waals surface area contributed by atoms with Crippen molar-refractivity contribution < 1.29 is 36.7 Å². The van der Waals surface area contributed by atoms with Gasteiger partial charge in [0, 0.05) is 5.56 Å². The Morgan fingerprint density at radius 2 is 1.82 bits per heavy atom. The lowest BCUT2D eigenvalue weighted by Crippen LogP contribution is -2.69. The highest BCUT2D eigenvalue weighted by Gasteiger charge is 2.64. The zero-order valence-electron chi connectivity index (χ0n) is 17.5. The Hall–Kier alpha value is -3.15. The lowest BCUT2D eigenvalue weighted by atomic mass is 9.92. The van der Waals surface area contributed by atoms with Gasteiger partial charge in [-0.3, -0.25) is 9.59 Å². The standard InChI is InChI=1S/C21H21F4N3O4S/c1-2-32-19(31)20(21(23,24)25,27-17(30)11-6-5-7-12(22)10-11)28-18-14-9-4-3-8-13(14)15(33-18)16(26)29/h5-7,10,28H,2-4,8-9H2,1H3,(H2,26,29)(H,27,30). The first-order valence-electron chi connectivity index (χ1n) is 10.0. The fourth-order valence-corrected chi connectivity index (χ4v) is 4.81. The van der Waals surface area contributed by atoms with Crippen molar-refractivity contribution in [3.05, 3.63) is 51.7 Å². The fourth-order valence-electron chi connectivity index (χ4n) is 3.60. The van der Waals surface area contributed by atoms with E-state index >= 15 is 0 Å². The number of hydrogen-bond acceptors (Lipinski definition) is 6. The van der Waals surface area contributed by atoms with Gasteiger partial charge in [0.25, 0.3) is 11.8 Å². The molecule has 7 nitrogen and oxygen atoms in total. The summed E-state index contributed by atoms with van der Waals surface area (Å²) in [6.45, 7) is 0.912. The van der Waals surface area contributed by atoms with Gasteiger partial charge in [0.2, 0.25) is 0 Å². The number of ether oxygens (including phenoxy) is 1. The predicted octanol–water partition coefficient (Wildman–Crippen LogP) is 3.53. The first-order valence-corrected chi connectivity index (χ1v) is 10.9. The quantitative estimate of drug-likeness (QED) is 0.314. The van der Waals surface area contributed by atoms with Gasteiger partial charge in [-0.1, -0.05) is 6.07 Å². The number of anilines is 1. The Labute approximate surface area is 190 Å². The van der Waals surface area contributed by atoms with Crippen LogP contribution < -0.4 is 16.4 Å². The molecule has 0 saturated heterocycles. The van der Waals surface area contributed by atoms with Crippen molar-refractivity contribution >= 4 is 34.1 Å². The molecule has 1 aliphatic rings. The Morgan fingerprint density at radius 3 is 2.39 bits per heavy atom. The normalized spacial score (nSPS) is 15.2. The van der Waals surface area contributed by atoms with E-state index in [0.29, 0.717) is 41.7 Å². The molecule has 33 heavy (non-hydrogen) atoms. The molecular formula is C21H21F4N3O4S. The molecule has 3 rings (SSSR count). The summed E-state index contributed by atoms with van der Waals surface area (Å²) in [6.07, 6.45) is -3.19. The molecule has 1 aromatic carbocycles. The summed E-state index contributed by atoms with van der Waals surface area (Å²) in [5, 5.41) is 3.67. The SMILES string of the molecule is CCOC(=O)C(NC(=O)c1cccc(F)c1)(Nc1sc(C(N)=O)c2c1CCCC2)C(F)(F)F. The van der Waals surface area contributed by atoms with Gasteiger partial charge in [0.05, 0.1) is 16.5 Å². The largest absolute Gasteiger partial charge is 0.463 e. The molecule has 0 spiro atoms. The van der Waals surface area contributed by atoms with E-state index in [1.165, 1.54) is 6.92 Å². The van der Waals surface area contributed by atoms with Crippen LogP contribution in [0.3, 0.4) is 0 Å². The van der Waals surface area contributed by atoms with E-state index in [1.807, 2.05) is 0 Å². The molecule has 0 bridgehead atoms. The number of alkyl halides is 3. The van der Waals surface area contributed by atoms with Crippen LogP contribution in [0, 0.1) is 5.82 Å². The summed E-state index contributed by atoms with van der Waals surface area (Å²) in [6, 6.07) is 4.00. The minimum Gasteiger partial charge on any atom is -0.463 e. The maximum Gasteiger partial charge on any atom is 0.441 e. The van der Waals surface area contributed by atoms with Gasteiger partial charge in [0.15, 0.2) is 0 Å². The summed E-state index contributed by atoms with van der Waals surface area (Å²) in [5.74, 6) is -4.81. The third-order valence-electron chi connectivity index (χ3n) is 5.14. The van der Waals surface area contributed by atoms with E-state index in [9.17, 15) is 31.9 Å². The van der Waals surface area contributed by atoms with Crippen LogP contribution >= 0.6 is 11.3 Å². The number of rotatable bonds is 7. The molecule has 0 saturated carbocycles. The smallest absolute Gasteiger partial charge is 0.441 e. The van der Waals surface area contributed by atoms with Crippen molar-refractivity contribution in [2.75, 3.05) is 11.9 Å². The van der Waals surface area contributed by atoms with Crippen molar-refractivity contribution in [1.82, 2.24) is 5.32 Å². The lowest BCUT2D eigenvalue weighted by molar-refractivity contribution is -0.204. The number of nitrogens with two attached hydrogens (primary N) is 1. The third-order valence-corrected chi connectivity index (χ3v) is 6.34. The van der Waals surface area contributed by atoms with E-state index in [0.717, 1.165) is 30.7 Å². The molecule has 12 heteroatoms. The monoisotopic (exact) mass is 487 g/mol. The van der Waals surface area contributed by atoms with E-state index in [1.54, 1.807) is 5.32 Å². The highest BCUT2D eigenvalue weighted by Crippen LogP contribution is 2.42. The Balaban J connectivity index is 2.12. The maximum absolute atomic E-state index is 14.4. The highest BCUT2D eigenvalue weighted by molar-refractivity contribution is 7.18. The third kappa shape index (κ3) is 4.80. The molecule has 1 aromatic heterocycles. The minimum absolute atomic E-state index is 0.0867. The second-order valence-electron chi connectivity index (χ2n) is 7.35. The summed E-state index contributed by atoms with van der Waals surface area (Å²) < 4.78 is 61.5. The number of amides is 2. The van der Waals surface area contributed by atoms with Crippen molar-refractivity contribution in [3.8, 4) is 0 Å². The number of primary amides is 1. The van der Waals surface area contributed by atoms with Crippen LogP contribution in [0.5, 0.6) is 0 Å². The van der Waals surface area contributed by atoms with Crippen LogP contribution in [-0.4, -0.2) is 36.2 Å². The van der Waals surface area contributed by atoms with Crippen LogP contribution in [0.25, 0.3) is 0 Å². The van der Waals surface area contributed by atoms with E-state index in [-0.39, 0.29) is 9.88 Å². The Morgan fingerprint density at radius 1 is 1.15 bits per heavy atom. The number of fused-ring (bicyclic) bond motifs is 1. The van der Waals surface area contributed by atoms with Crippen LogP contribution in [0.1, 0.15) is 50.9 Å². The number of carbonyl (C=O) groups excluding carboxylic acids is 3. The molecule has 0 radical (unpaired) electrons. The summed E-state index contributed by atoms with van der Waals surface area (Å²) in [5.41, 5.74) is 2.23. The van der Waals surface area contributed by atoms with Crippen LogP contribution in [-0.2, 0) is 22.4 Å². The minimum atomic E-state index is -5.37. The summed E-state index contributed by atoms with van der Waals surface area (Å²) >= 11 is 0.682. The van der Waals surface area contributed by atoms with Gasteiger partial charge in [0.1, 0.15) is 5.82 Å².